The van der Waals surface area contributed by atoms with E-state index in [2.05, 4.69) is 16.5 Å². The number of H-pyrrole nitrogens is 1. The zero-order valence-electron chi connectivity index (χ0n) is 6.92. The Balaban J connectivity index is 2.07. The first kappa shape index (κ1) is 9.19. The van der Waals surface area contributed by atoms with Crippen LogP contribution in [0.15, 0.2) is 24.1 Å². The summed E-state index contributed by atoms with van der Waals surface area (Å²) in [5.74, 6) is 1.02. The van der Waals surface area contributed by atoms with Crippen LogP contribution in [0, 0.1) is 0 Å². The van der Waals surface area contributed by atoms with Crippen molar-refractivity contribution in [3.05, 3.63) is 29.8 Å². The zero-order chi connectivity index (χ0) is 8.81. The molecule has 0 unspecified atom stereocenters. The summed E-state index contributed by atoms with van der Waals surface area (Å²) in [7, 11) is 0. The maximum absolute atomic E-state index is 5.40. The molecule has 0 fully saturated rings. The monoisotopic (exact) mass is 183 g/mol. The van der Waals surface area contributed by atoms with E-state index in [9.17, 15) is 0 Å². The van der Waals surface area contributed by atoms with Crippen molar-refractivity contribution in [1.29, 1.82) is 0 Å². The summed E-state index contributed by atoms with van der Waals surface area (Å²) in [6, 6.07) is 0. The van der Waals surface area contributed by atoms with Crippen molar-refractivity contribution in [2.45, 2.75) is 12.8 Å². The number of nitrogens with two attached hydrogens (primary N) is 1. The maximum Gasteiger partial charge on any atom is 0.0921 e. The summed E-state index contributed by atoms with van der Waals surface area (Å²) >= 11 is 1.60. The first-order chi connectivity index (χ1) is 5.79. The minimum Gasteiger partial charge on any atom is -0.394 e. The van der Waals surface area contributed by atoms with Crippen LogP contribution in [0.4, 0.5) is 0 Å². The summed E-state index contributed by atoms with van der Waals surface area (Å²) in [4.78, 5) is 6.98. The van der Waals surface area contributed by atoms with E-state index in [1.807, 2.05) is 6.20 Å². The van der Waals surface area contributed by atoms with Gasteiger partial charge in [-0.25, -0.2) is 4.98 Å². The summed E-state index contributed by atoms with van der Waals surface area (Å²) in [5, 5.41) is 0.694. The van der Waals surface area contributed by atoms with Crippen molar-refractivity contribution < 1.29 is 0 Å². The lowest BCUT2D eigenvalue weighted by molar-refractivity contribution is 0.903. The molecule has 0 aliphatic heterocycles. The maximum atomic E-state index is 5.40. The Morgan fingerprint density at radius 3 is 3.17 bits per heavy atom. The molecule has 0 atom stereocenters. The fraction of sp³-hybridized carbons (Fsp3) is 0.375. The highest BCUT2D eigenvalue weighted by molar-refractivity contribution is 8.02. The quantitative estimate of drug-likeness (QED) is 0.680. The van der Waals surface area contributed by atoms with Gasteiger partial charge in [-0.15, -0.1) is 11.8 Å². The van der Waals surface area contributed by atoms with Crippen LogP contribution in [-0.4, -0.2) is 15.7 Å². The van der Waals surface area contributed by atoms with Crippen LogP contribution in [0.3, 0.4) is 0 Å². The topological polar surface area (TPSA) is 54.7 Å². The lowest BCUT2D eigenvalue weighted by Crippen LogP contribution is -1.92. The van der Waals surface area contributed by atoms with Gasteiger partial charge in [-0.2, -0.15) is 0 Å². The molecule has 0 aliphatic carbocycles. The molecule has 0 radical (unpaired) electrons. The summed E-state index contributed by atoms with van der Waals surface area (Å²) < 4.78 is 0. The van der Waals surface area contributed by atoms with E-state index in [0.29, 0.717) is 5.03 Å². The standard InChI is InChI=1S/C8H13N3S/c1-7(9)12-4-2-3-8-5-10-6-11-8/h5-6H,1-4,9H2,(H,10,11). The fourth-order valence-corrected chi connectivity index (χ4v) is 1.44. The minimum atomic E-state index is 0.694. The molecule has 1 rings (SSSR count). The first-order valence-electron chi connectivity index (χ1n) is 3.83. The summed E-state index contributed by atoms with van der Waals surface area (Å²) in [6.45, 7) is 3.61. The number of nitrogens with zero attached hydrogens (tertiary/aromatic N) is 1. The molecule has 12 heavy (non-hydrogen) atoms. The smallest absolute Gasteiger partial charge is 0.0921 e. The molecule has 3 N–H and O–H groups in total. The van der Waals surface area contributed by atoms with Crippen molar-refractivity contribution in [2.24, 2.45) is 5.73 Å². The average molecular weight is 183 g/mol. The minimum absolute atomic E-state index is 0.694. The Labute approximate surface area is 76.5 Å². The molecular weight excluding hydrogens is 170 g/mol. The molecule has 4 heteroatoms. The van der Waals surface area contributed by atoms with Crippen molar-refractivity contribution in [3.8, 4) is 0 Å². The van der Waals surface area contributed by atoms with E-state index in [0.717, 1.165) is 18.6 Å². The Morgan fingerprint density at radius 2 is 2.58 bits per heavy atom. The molecule has 1 aromatic rings. The van der Waals surface area contributed by atoms with Gasteiger partial charge in [0.05, 0.1) is 11.4 Å². The number of imidazole rings is 1. The number of rotatable bonds is 5. The molecule has 0 bridgehead atoms. The van der Waals surface area contributed by atoms with Crippen LogP contribution >= 0.6 is 11.8 Å². The highest BCUT2D eigenvalue weighted by Crippen LogP contribution is 2.09. The Hall–Kier alpha value is -0.900. The fourth-order valence-electron chi connectivity index (χ4n) is 0.887. The van der Waals surface area contributed by atoms with Gasteiger partial charge in [0.15, 0.2) is 0 Å². The molecule has 0 saturated heterocycles. The van der Waals surface area contributed by atoms with E-state index in [1.165, 1.54) is 5.69 Å². The number of hydrogen-bond acceptors (Lipinski definition) is 3. The number of aromatic nitrogens is 2. The van der Waals surface area contributed by atoms with Gasteiger partial charge in [0, 0.05) is 11.9 Å². The molecule has 0 amide bonds. The van der Waals surface area contributed by atoms with Gasteiger partial charge in [0.1, 0.15) is 0 Å². The SMILES string of the molecule is C=C(N)SCCCc1cnc[nH]1. The van der Waals surface area contributed by atoms with E-state index < -0.39 is 0 Å². The number of hydrogen-bond donors (Lipinski definition) is 2. The third-order valence-corrected chi connectivity index (χ3v) is 2.30. The Kier molecular flexibility index (Phi) is 3.73. The normalized spacial score (nSPS) is 10.0. The van der Waals surface area contributed by atoms with Crippen LogP contribution in [-0.2, 0) is 6.42 Å². The second kappa shape index (κ2) is 4.87. The molecule has 0 aliphatic rings. The molecule has 66 valence electrons. The van der Waals surface area contributed by atoms with Crippen molar-refractivity contribution in [1.82, 2.24) is 9.97 Å². The Morgan fingerprint density at radius 1 is 1.75 bits per heavy atom. The molecule has 1 aromatic heterocycles. The lowest BCUT2D eigenvalue weighted by Gasteiger charge is -1.98. The molecule has 0 aromatic carbocycles. The third kappa shape index (κ3) is 3.48. The van der Waals surface area contributed by atoms with Crippen molar-refractivity contribution in [3.63, 3.8) is 0 Å². The van der Waals surface area contributed by atoms with Gasteiger partial charge in [0.2, 0.25) is 0 Å². The number of aromatic amines is 1. The molecule has 0 spiro atoms. The number of nitrogens with one attached hydrogen (secondary N) is 1. The van der Waals surface area contributed by atoms with Crippen LogP contribution < -0.4 is 5.73 Å². The molecule has 3 nitrogen and oxygen atoms in total. The third-order valence-electron chi connectivity index (χ3n) is 1.43. The van der Waals surface area contributed by atoms with Gasteiger partial charge in [-0.1, -0.05) is 6.58 Å². The molecule has 1 heterocycles. The van der Waals surface area contributed by atoms with Crippen LogP contribution in [0.25, 0.3) is 0 Å². The predicted molar refractivity (Wildman–Crippen MR) is 52.7 cm³/mol. The van der Waals surface area contributed by atoms with Crippen LogP contribution in [0.2, 0.25) is 0 Å². The zero-order valence-corrected chi connectivity index (χ0v) is 7.73. The van der Waals surface area contributed by atoms with Crippen molar-refractivity contribution in [2.75, 3.05) is 5.75 Å². The number of thioether (sulfide) groups is 1. The summed E-state index contributed by atoms with van der Waals surface area (Å²) in [5.41, 5.74) is 6.58. The second-order valence-corrected chi connectivity index (χ2v) is 3.72. The second-order valence-electron chi connectivity index (χ2n) is 2.50. The summed E-state index contributed by atoms with van der Waals surface area (Å²) in [6.07, 6.45) is 5.68. The highest BCUT2D eigenvalue weighted by atomic mass is 32.2. The van der Waals surface area contributed by atoms with Gasteiger partial charge in [-0.05, 0) is 18.6 Å². The first-order valence-corrected chi connectivity index (χ1v) is 4.82. The van der Waals surface area contributed by atoms with E-state index in [1.54, 1.807) is 18.1 Å². The van der Waals surface area contributed by atoms with Gasteiger partial charge >= 0.3 is 0 Å². The number of aryl methyl sites for hydroxylation is 1. The van der Waals surface area contributed by atoms with Crippen LogP contribution in [0.1, 0.15) is 12.1 Å². The van der Waals surface area contributed by atoms with Crippen molar-refractivity contribution >= 4 is 11.8 Å². The molecular formula is C8H13N3S. The van der Waals surface area contributed by atoms with E-state index in [4.69, 9.17) is 5.73 Å². The van der Waals surface area contributed by atoms with Crippen LogP contribution in [0.5, 0.6) is 0 Å². The largest absolute Gasteiger partial charge is 0.394 e. The van der Waals surface area contributed by atoms with Gasteiger partial charge in [0.25, 0.3) is 0 Å². The molecule has 0 saturated carbocycles. The Bertz CT molecular complexity index is 230. The lowest BCUT2D eigenvalue weighted by atomic mass is 10.3. The average Bonchev–Trinajstić information content (AvgIpc) is 2.49. The van der Waals surface area contributed by atoms with E-state index in [-0.39, 0.29) is 0 Å². The van der Waals surface area contributed by atoms with Gasteiger partial charge < -0.3 is 10.7 Å². The van der Waals surface area contributed by atoms with Gasteiger partial charge in [-0.3, -0.25) is 0 Å². The predicted octanol–water partition coefficient (Wildman–Crippen LogP) is 1.51. The highest BCUT2D eigenvalue weighted by Gasteiger charge is 1.94. The van der Waals surface area contributed by atoms with E-state index >= 15 is 0 Å².